The number of phenolic OH excluding ortho intramolecular Hbond substituents is 1. The predicted molar refractivity (Wildman–Crippen MR) is 66.0 cm³/mol. The number of halogens is 3. The zero-order valence-corrected chi connectivity index (χ0v) is 10.2. The number of nitrogens with two attached hydrogens (primary N) is 2. The topological polar surface area (TPSA) is 72.3 Å². The molecule has 1 aromatic carbocycles. The normalized spacial score (nSPS) is 12.0. The van der Waals surface area contributed by atoms with Gasteiger partial charge in [-0.2, -0.15) is 0 Å². The first-order chi connectivity index (χ1) is 6.56. The second-order valence-corrected chi connectivity index (χ2v) is 3.85. The van der Waals surface area contributed by atoms with Crippen LogP contribution in [0.5, 0.6) is 5.75 Å². The minimum Gasteiger partial charge on any atom is -0.506 e. The quantitative estimate of drug-likeness (QED) is 0.791. The highest BCUT2D eigenvalue weighted by Crippen LogP contribution is 2.34. The average Bonchev–Trinajstić information content (AvgIpc) is 2.11. The molecule has 0 saturated carbocycles. The summed E-state index contributed by atoms with van der Waals surface area (Å²) in [5.41, 5.74) is 11.7. The summed E-state index contributed by atoms with van der Waals surface area (Å²) in [7, 11) is 0. The van der Waals surface area contributed by atoms with Crippen molar-refractivity contribution in [3.63, 3.8) is 0 Å². The largest absolute Gasteiger partial charge is 0.506 e. The van der Waals surface area contributed by atoms with E-state index >= 15 is 0 Å². The highest BCUT2D eigenvalue weighted by Gasteiger charge is 2.13. The van der Waals surface area contributed by atoms with Gasteiger partial charge in [0.25, 0.3) is 0 Å². The summed E-state index contributed by atoms with van der Waals surface area (Å²) < 4.78 is 0. The highest BCUT2D eigenvalue weighted by atomic mass is 35.5. The number of aromatic hydroxyl groups is 1. The number of rotatable bonds is 3. The molecule has 0 saturated heterocycles. The van der Waals surface area contributed by atoms with E-state index in [0.717, 1.165) is 0 Å². The van der Waals surface area contributed by atoms with Crippen LogP contribution in [0.25, 0.3) is 0 Å². The van der Waals surface area contributed by atoms with E-state index in [9.17, 15) is 5.11 Å². The zero-order valence-electron chi connectivity index (χ0n) is 7.91. The second kappa shape index (κ2) is 6.40. The van der Waals surface area contributed by atoms with Crippen LogP contribution in [0.4, 0.5) is 0 Å². The number of hydrogen-bond acceptors (Lipinski definition) is 3. The van der Waals surface area contributed by atoms with Crippen molar-refractivity contribution in [1.82, 2.24) is 0 Å². The van der Waals surface area contributed by atoms with Gasteiger partial charge in [0.05, 0.1) is 5.02 Å². The third-order valence-corrected chi connectivity index (χ3v) is 2.44. The van der Waals surface area contributed by atoms with Crippen LogP contribution in [0.1, 0.15) is 18.0 Å². The van der Waals surface area contributed by atoms with Gasteiger partial charge in [0.2, 0.25) is 0 Å². The molecule has 15 heavy (non-hydrogen) atoms. The summed E-state index contributed by atoms with van der Waals surface area (Å²) in [4.78, 5) is 0. The van der Waals surface area contributed by atoms with Gasteiger partial charge >= 0.3 is 0 Å². The fourth-order valence-corrected chi connectivity index (χ4v) is 1.71. The molecule has 0 spiro atoms. The van der Waals surface area contributed by atoms with Gasteiger partial charge in [-0.15, -0.1) is 12.4 Å². The molecule has 0 amide bonds. The molecule has 0 aromatic heterocycles. The summed E-state index contributed by atoms with van der Waals surface area (Å²) in [6.45, 7) is 0.449. The Kier molecular flexibility index (Phi) is 6.32. The third kappa shape index (κ3) is 3.70. The first kappa shape index (κ1) is 14.8. The summed E-state index contributed by atoms with van der Waals surface area (Å²) in [6.07, 6.45) is 0.574. The lowest BCUT2D eigenvalue weighted by molar-refractivity contribution is 0.459. The molecular formula is C9H13Cl3N2O. The van der Waals surface area contributed by atoms with Gasteiger partial charge in [-0.25, -0.2) is 0 Å². The second-order valence-electron chi connectivity index (χ2n) is 3.01. The van der Waals surface area contributed by atoms with E-state index < -0.39 is 0 Å². The predicted octanol–water partition coefficient (Wildman–Crippen LogP) is 2.47. The van der Waals surface area contributed by atoms with Crippen molar-refractivity contribution >= 4 is 35.6 Å². The first-order valence-corrected chi connectivity index (χ1v) is 4.95. The van der Waals surface area contributed by atoms with Crippen molar-refractivity contribution in [1.29, 1.82) is 0 Å². The van der Waals surface area contributed by atoms with E-state index in [1.54, 1.807) is 6.07 Å². The van der Waals surface area contributed by atoms with E-state index in [1.807, 2.05) is 0 Å². The Morgan fingerprint density at radius 3 is 2.47 bits per heavy atom. The summed E-state index contributed by atoms with van der Waals surface area (Å²) in [6, 6.07) is 2.73. The van der Waals surface area contributed by atoms with Crippen LogP contribution in [-0.4, -0.2) is 11.7 Å². The Balaban J connectivity index is 0.00000196. The maximum absolute atomic E-state index is 9.61. The molecule has 0 aliphatic carbocycles. The van der Waals surface area contributed by atoms with E-state index in [-0.39, 0.29) is 29.2 Å². The van der Waals surface area contributed by atoms with Gasteiger partial charge in [-0.1, -0.05) is 23.2 Å². The van der Waals surface area contributed by atoms with Crippen LogP contribution in [-0.2, 0) is 0 Å². The summed E-state index contributed by atoms with van der Waals surface area (Å²) in [5, 5.41) is 10.3. The Labute approximate surface area is 105 Å². The molecule has 3 nitrogen and oxygen atoms in total. The van der Waals surface area contributed by atoms with Gasteiger partial charge < -0.3 is 16.6 Å². The van der Waals surface area contributed by atoms with Gasteiger partial charge in [-0.05, 0) is 25.1 Å². The molecule has 0 aliphatic heterocycles. The molecule has 0 unspecified atom stereocenters. The first-order valence-electron chi connectivity index (χ1n) is 4.19. The number of phenols is 1. The minimum absolute atomic E-state index is 0. The zero-order chi connectivity index (χ0) is 10.7. The Bertz CT molecular complexity index is 333. The molecule has 0 bridgehead atoms. The fraction of sp³-hybridized carbons (Fsp3) is 0.333. The van der Waals surface area contributed by atoms with E-state index in [2.05, 4.69) is 0 Å². The maximum atomic E-state index is 9.61. The molecule has 86 valence electrons. The van der Waals surface area contributed by atoms with Gasteiger partial charge in [0.15, 0.2) is 0 Å². The van der Waals surface area contributed by atoms with Crippen LogP contribution in [0.3, 0.4) is 0 Å². The number of hydrogen-bond donors (Lipinski definition) is 3. The Hall–Kier alpha value is -0.190. The molecule has 1 rings (SSSR count). The van der Waals surface area contributed by atoms with Crippen LogP contribution < -0.4 is 11.5 Å². The molecule has 5 N–H and O–H groups in total. The molecule has 1 aromatic rings. The van der Waals surface area contributed by atoms with E-state index in [1.165, 1.54) is 6.07 Å². The molecule has 0 fully saturated rings. The van der Waals surface area contributed by atoms with Crippen molar-refractivity contribution in [3.8, 4) is 5.75 Å². The maximum Gasteiger partial charge on any atom is 0.139 e. The monoisotopic (exact) mass is 270 g/mol. The average molecular weight is 272 g/mol. The van der Waals surface area contributed by atoms with Gasteiger partial charge in [0, 0.05) is 16.6 Å². The summed E-state index contributed by atoms with van der Waals surface area (Å²) >= 11 is 11.5. The smallest absolute Gasteiger partial charge is 0.139 e. The number of benzene rings is 1. The van der Waals surface area contributed by atoms with Crippen molar-refractivity contribution in [3.05, 3.63) is 27.7 Å². The molecule has 6 heteroatoms. The SMILES string of the molecule is Cl.NCC[C@H](N)c1cc(Cl)cc(Cl)c1O. The lowest BCUT2D eigenvalue weighted by atomic mass is 10.0. The van der Waals surface area contributed by atoms with Crippen LogP contribution in [0, 0.1) is 0 Å². The van der Waals surface area contributed by atoms with Crippen molar-refractivity contribution < 1.29 is 5.11 Å². The van der Waals surface area contributed by atoms with Crippen LogP contribution >= 0.6 is 35.6 Å². The van der Waals surface area contributed by atoms with Crippen LogP contribution in [0.15, 0.2) is 12.1 Å². The fourth-order valence-electron chi connectivity index (χ4n) is 1.20. The van der Waals surface area contributed by atoms with E-state index in [4.69, 9.17) is 34.7 Å². The van der Waals surface area contributed by atoms with Gasteiger partial charge in [0.1, 0.15) is 5.75 Å². The van der Waals surface area contributed by atoms with E-state index in [0.29, 0.717) is 23.6 Å². The van der Waals surface area contributed by atoms with Crippen LogP contribution in [0.2, 0.25) is 10.0 Å². The third-order valence-electron chi connectivity index (χ3n) is 1.93. The van der Waals surface area contributed by atoms with Gasteiger partial charge in [-0.3, -0.25) is 0 Å². The lowest BCUT2D eigenvalue weighted by Gasteiger charge is -2.13. The molecule has 0 heterocycles. The minimum atomic E-state index is -0.337. The van der Waals surface area contributed by atoms with Crippen molar-refractivity contribution in [2.75, 3.05) is 6.54 Å². The van der Waals surface area contributed by atoms with Crippen molar-refractivity contribution in [2.45, 2.75) is 12.5 Å². The molecular weight excluding hydrogens is 258 g/mol. The Morgan fingerprint density at radius 1 is 1.33 bits per heavy atom. The molecule has 0 aliphatic rings. The lowest BCUT2D eigenvalue weighted by Crippen LogP contribution is -2.15. The highest BCUT2D eigenvalue weighted by molar-refractivity contribution is 6.35. The summed E-state index contributed by atoms with van der Waals surface area (Å²) in [5.74, 6) is -0.0167. The van der Waals surface area contributed by atoms with Crippen molar-refractivity contribution in [2.24, 2.45) is 11.5 Å². The molecule has 0 radical (unpaired) electrons. The standard InChI is InChI=1S/C9H12Cl2N2O.ClH/c10-5-3-6(8(13)1-2-12)9(14)7(11)4-5;/h3-4,8,14H,1-2,12-13H2;1H/t8-;/m0./s1. The molecule has 1 atom stereocenters. The Morgan fingerprint density at radius 2 is 1.93 bits per heavy atom.